The van der Waals surface area contributed by atoms with Crippen molar-refractivity contribution in [2.24, 2.45) is 0 Å². The lowest BCUT2D eigenvalue weighted by atomic mass is 10.1. The Morgan fingerprint density at radius 3 is 0.967 bits per heavy atom. The van der Waals surface area contributed by atoms with Crippen LogP contribution in [-0.2, 0) is 11.8 Å². The van der Waals surface area contributed by atoms with Gasteiger partial charge in [0.1, 0.15) is 0 Å². The average molecular weight is 474 g/mol. The third kappa shape index (κ3) is 3.30. The fraction of sp³-hybridized carbons (Fsp3) is 0.600. The van der Waals surface area contributed by atoms with Gasteiger partial charge in [-0.25, -0.2) is 0 Å². The third-order valence-electron chi connectivity index (χ3n) is 3.10. The van der Waals surface area contributed by atoms with Crippen molar-refractivity contribution in [3.63, 3.8) is 0 Å². The van der Waals surface area contributed by atoms with Crippen LogP contribution in [0, 0.1) is 0 Å². The normalized spacial score (nSPS) is 15.0. The van der Waals surface area contributed by atoms with E-state index in [1.54, 1.807) is 0 Å². The van der Waals surface area contributed by atoms with Gasteiger partial charge >= 0.3 is 47.8 Å². The van der Waals surface area contributed by atoms with Crippen LogP contribution >= 0.6 is 0 Å². The fourth-order valence-electron chi connectivity index (χ4n) is 1.51. The van der Waals surface area contributed by atoms with E-state index in [0.717, 1.165) is 0 Å². The quantitative estimate of drug-likeness (QED) is 0.585. The van der Waals surface area contributed by atoms with Crippen molar-refractivity contribution >= 4 is 0 Å². The Morgan fingerprint density at radius 1 is 0.467 bits per heavy atom. The zero-order valence-corrected chi connectivity index (χ0v) is 12.9. The van der Waals surface area contributed by atoms with Crippen LogP contribution in [-0.4, -0.2) is 44.5 Å². The molecular weight excluding hydrogens is 474 g/mol. The van der Waals surface area contributed by atoms with Gasteiger partial charge < -0.3 is 9.05 Å². The molecule has 30 heavy (non-hydrogen) atoms. The highest BCUT2D eigenvalue weighted by Gasteiger charge is 2.76. The maximum atomic E-state index is 13.4. The minimum atomic E-state index is -6.82. The van der Waals surface area contributed by atoms with Gasteiger partial charge in [0.05, 0.1) is 0 Å². The van der Waals surface area contributed by atoms with Crippen molar-refractivity contribution in [2.75, 3.05) is 0 Å². The summed E-state index contributed by atoms with van der Waals surface area (Å²) >= 11 is 0. The highest BCUT2D eigenvalue weighted by molar-refractivity contribution is 5.36. The molecule has 0 bridgehead atoms. The second kappa shape index (κ2) is 6.40. The topological polar surface area (TPSA) is 77.8 Å². The van der Waals surface area contributed by atoms with Crippen LogP contribution in [0.1, 0.15) is 11.6 Å². The first kappa shape index (κ1) is 23.6. The molecule has 0 saturated carbocycles. The smallest absolute Gasteiger partial charge is 0.328 e. The summed E-state index contributed by atoms with van der Waals surface area (Å²) in [6, 6.07) is 0. The van der Waals surface area contributed by atoms with Crippen LogP contribution in [0.2, 0.25) is 0 Å². The van der Waals surface area contributed by atoms with Crippen molar-refractivity contribution in [3.8, 4) is 11.8 Å². The van der Waals surface area contributed by atoms with Gasteiger partial charge in [-0.2, -0.15) is 71.4 Å². The number of hydrogen-bond donors (Lipinski definition) is 0. The third-order valence-corrected chi connectivity index (χ3v) is 3.10. The standard InChI is InChI=1S/C10F14N4O2/c11-5(12,7(15,16)9(19,20)21)3-25-1(29-27-3)2-26-4(28-30-2)6(13,14)8(17,18)10(22,23)24. The molecule has 2 aromatic rings. The largest absolute Gasteiger partial charge is 0.460 e. The Morgan fingerprint density at radius 2 is 0.733 bits per heavy atom. The van der Waals surface area contributed by atoms with Crippen LogP contribution < -0.4 is 0 Å². The summed E-state index contributed by atoms with van der Waals surface area (Å²) in [7, 11) is 0. The minimum absolute atomic E-state index is 1.77. The van der Waals surface area contributed by atoms with E-state index in [9.17, 15) is 61.5 Å². The van der Waals surface area contributed by atoms with Gasteiger partial charge in [-0.05, 0) is 0 Å². The molecule has 0 aliphatic carbocycles. The highest BCUT2D eigenvalue weighted by atomic mass is 19.4. The van der Waals surface area contributed by atoms with Crippen molar-refractivity contribution in [3.05, 3.63) is 11.6 Å². The monoisotopic (exact) mass is 474 g/mol. The maximum Gasteiger partial charge on any atom is 0.460 e. The molecule has 170 valence electrons. The molecule has 0 aliphatic rings. The second-order valence-corrected chi connectivity index (χ2v) is 5.14. The van der Waals surface area contributed by atoms with Crippen LogP contribution in [0.5, 0.6) is 0 Å². The fourth-order valence-corrected chi connectivity index (χ4v) is 1.51. The summed E-state index contributed by atoms with van der Waals surface area (Å²) in [6.45, 7) is 0. The summed E-state index contributed by atoms with van der Waals surface area (Å²) in [5.74, 6) is -34.8. The average Bonchev–Trinajstić information content (AvgIpc) is 3.22. The van der Waals surface area contributed by atoms with E-state index in [2.05, 4.69) is 19.0 Å². The summed E-state index contributed by atoms with van der Waals surface area (Å²) < 4.78 is 185. The molecule has 20 heteroatoms. The Hall–Kier alpha value is -2.70. The number of aromatic nitrogens is 4. The van der Waals surface area contributed by atoms with E-state index in [1.807, 2.05) is 10.3 Å². The first-order valence-electron chi connectivity index (χ1n) is 6.51. The summed E-state index contributed by atoms with van der Waals surface area (Å²) in [5.41, 5.74) is 0. The Balaban J connectivity index is 2.43. The number of nitrogens with zero attached hydrogens (tertiary/aromatic N) is 4. The Bertz CT molecular complexity index is 836. The molecule has 2 rings (SSSR count). The predicted molar refractivity (Wildman–Crippen MR) is 57.4 cm³/mol. The SMILES string of the molecule is FC(F)(F)C(F)(F)C(F)(F)c1noc(-c2nc(C(F)(F)C(F)(F)C(F)(F)F)no2)n1. The lowest BCUT2D eigenvalue weighted by Gasteiger charge is -2.25. The molecule has 0 aromatic carbocycles. The van der Waals surface area contributed by atoms with Gasteiger partial charge in [-0.1, -0.05) is 10.3 Å². The zero-order valence-electron chi connectivity index (χ0n) is 12.9. The van der Waals surface area contributed by atoms with Crippen molar-refractivity contribution < 1.29 is 70.5 Å². The van der Waals surface area contributed by atoms with Gasteiger partial charge in [-0.3, -0.25) is 0 Å². The number of rotatable bonds is 5. The van der Waals surface area contributed by atoms with Gasteiger partial charge in [0.25, 0.3) is 0 Å². The predicted octanol–water partition coefficient (Wildman–Crippen LogP) is 4.70. The van der Waals surface area contributed by atoms with Crippen molar-refractivity contribution in [1.82, 2.24) is 20.3 Å². The van der Waals surface area contributed by atoms with Gasteiger partial charge in [0, 0.05) is 0 Å². The maximum absolute atomic E-state index is 13.4. The Kier molecular flexibility index (Phi) is 5.03. The molecule has 0 saturated heterocycles. The summed E-state index contributed by atoms with van der Waals surface area (Å²) in [6.07, 6.45) is -13.6. The van der Waals surface area contributed by atoms with E-state index in [1.165, 1.54) is 0 Å². The second-order valence-electron chi connectivity index (χ2n) is 5.14. The van der Waals surface area contributed by atoms with Crippen molar-refractivity contribution in [1.29, 1.82) is 0 Å². The summed E-state index contributed by atoms with van der Waals surface area (Å²) in [4.78, 5) is 4.56. The molecule has 0 spiro atoms. The molecule has 0 N–H and O–H groups in total. The molecule has 0 atom stereocenters. The van der Waals surface area contributed by atoms with E-state index < -0.39 is 59.5 Å². The molecule has 0 amide bonds. The van der Waals surface area contributed by atoms with Crippen LogP contribution in [0.4, 0.5) is 61.5 Å². The molecule has 0 aliphatic heterocycles. The molecule has 2 aromatic heterocycles. The first-order valence-corrected chi connectivity index (χ1v) is 6.51. The van der Waals surface area contributed by atoms with Crippen LogP contribution in [0.3, 0.4) is 0 Å². The highest BCUT2D eigenvalue weighted by Crippen LogP contribution is 2.52. The van der Waals surface area contributed by atoms with Crippen LogP contribution in [0.25, 0.3) is 11.8 Å². The zero-order chi connectivity index (χ0) is 23.6. The number of halogens is 14. The molecular formula is C10F14N4O2. The molecule has 0 radical (unpaired) electrons. The molecule has 0 unspecified atom stereocenters. The molecule has 2 heterocycles. The van der Waals surface area contributed by atoms with Gasteiger partial charge in [0.15, 0.2) is 0 Å². The van der Waals surface area contributed by atoms with E-state index in [0.29, 0.717) is 0 Å². The lowest BCUT2D eigenvalue weighted by molar-refractivity contribution is -0.361. The lowest BCUT2D eigenvalue weighted by Crippen LogP contribution is -2.50. The van der Waals surface area contributed by atoms with E-state index in [-0.39, 0.29) is 0 Å². The van der Waals surface area contributed by atoms with Gasteiger partial charge in [0.2, 0.25) is 11.6 Å². The van der Waals surface area contributed by atoms with Gasteiger partial charge in [-0.15, -0.1) is 0 Å². The van der Waals surface area contributed by atoms with Crippen LogP contribution in [0.15, 0.2) is 9.05 Å². The first-order chi connectivity index (χ1) is 13.2. The van der Waals surface area contributed by atoms with E-state index >= 15 is 0 Å². The summed E-state index contributed by atoms with van der Waals surface area (Å²) in [5, 5.41) is 4.09. The Labute approximate surface area is 151 Å². The number of hydrogen-bond acceptors (Lipinski definition) is 6. The van der Waals surface area contributed by atoms with E-state index in [4.69, 9.17) is 0 Å². The minimum Gasteiger partial charge on any atom is -0.328 e. The number of alkyl halides is 14. The molecule has 0 fully saturated rings. The molecule has 6 nitrogen and oxygen atoms in total. The van der Waals surface area contributed by atoms with Crippen molar-refractivity contribution in [2.45, 2.75) is 36.0 Å².